The van der Waals surface area contributed by atoms with Gasteiger partial charge in [0.2, 0.25) is 0 Å². The van der Waals surface area contributed by atoms with E-state index in [1.807, 2.05) is 41.8 Å². The third-order valence-corrected chi connectivity index (χ3v) is 4.36. The van der Waals surface area contributed by atoms with Crippen molar-refractivity contribution in [2.75, 3.05) is 5.32 Å². The van der Waals surface area contributed by atoms with Gasteiger partial charge in [0.15, 0.2) is 6.10 Å². The average molecular weight is 340 g/mol. The Morgan fingerprint density at radius 1 is 1.21 bits per heavy atom. The second kappa shape index (κ2) is 7.23. The zero-order valence-corrected chi connectivity index (χ0v) is 13.9. The van der Waals surface area contributed by atoms with E-state index in [4.69, 9.17) is 4.74 Å². The molecule has 0 bridgehead atoms. The highest BCUT2D eigenvalue weighted by Crippen LogP contribution is 2.21. The van der Waals surface area contributed by atoms with E-state index in [2.05, 4.69) is 10.3 Å². The number of anilines is 1. The van der Waals surface area contributed by atoms with Gasteiger partial charge in [-0.1, -0.05) is 12.1 Å². The molecule has 3 rings (SSSR count). The molecule has 0 aliphatic carbocycles. The van der Waals surface area contributed by atoms with Crippen molar-refractivity contribution in [2.45, 2.75) is 19.4 Å². The highest BCUT2D eigenvalue weighted by molar-refractivity contribution is 7.10. The lowest BCUT2D eigenvalue weighted by atomic mass is 10.2. The molecule has 0 unspecified atom stereocenters. The average Bonchev–Trinajstić information content (AvgIpc) is 3.08. The number of nitrogens with one attached hydrogen (secondary N) is 1. The third-order valence-electron chi connectivity index (χ3n) is 3.48. The van der Waals surface area contributed by atoms with E-state index in [1.54, 1.807) is 19.2 Å². The van der Waals surface area contributed by atoms with Gasteiger partial charge < -0.3 is 10.1 Å². The van der Waals surface area contributed by atoms with E-state index in [9.17, 15) is 9.59 Å². The molecule has 24 heavy (non-hydrogen) atoms. The molecule has 0 spiro atoms. The maximum atomic E-state index is 12.3. The molecule has 0 radical (unpaired) electrons. The molecule has 1 N–H and O–H groups in total. The molecule has 0 fully saturated rings. The topological polar surface area (TPSA) is 68.3 Å². The highest BCUT2D eigenvalue weighted by atomic mass is 32.1. The van der Waals surface area contributed by atoms with Crippen LogP contribution < -0.4 is 5.32 Å². The lowest BCUT2D eigenvalue weighted by molar-refractivity contribution is -0.152. The Morgan fingerprint density at radius 3 is 2.88 bits per heavy atom. The number of benzene rings is 1. The van der Waals surface area contributed by atoms with Gasteiger partial charge in [0.1, 0.15) is 0 Å². The molecule has 0 aliphatic heterocycles. The lowest BCUT2D eigenvalue weighted by Gasteiger charge is -2.14. The highest BCUT2D eigenvalue weighted by Gasteiger charge is 2.19. The van der Waals surface area contributed by atoms with Crippen molar-refractivity contribution < 1.29 is 14.3 Å². The number of esters is 1. The van der Waals surface area contributed by atoms with E-state index in [0.717, 1.165) is 15.8 Å². The number of rotatable bonds is 5. The summed E-state index contributed by atoms with van der Waals surface area (Å²) in [5.74, 6) is -0.787. The second-order valence-electron chi connectivity index (χ2n) is 5.25. The van der Waals surface area contributed by atoms with Gasteiger partial charge >= 0.3 is 5.97 Å². The molecule has 2 aromatic heterocycles. The van der Waals surface area contributed by atoms with Crippen molar-refractivity contribution in [1.82, 2.24) is 4.98 Å². The number of hydrogen-bond acceptors (Lipinski definition) is 5. The molecule has 1 aromatic carbocycles. The first-order valence-corrected chi connectivity index (χ1v) is 8.38. The minimum Gasteiger partial charge on any atom is -0.452 e. The SMILES string of the molecule is C[C@@H](OC(=O)Cc1cccs1)C(=O)Nc1cccc2ncccc12. The van der Waals surface area contributed by atoms with Crippen molar-refractivity contribution in [3.63, 3.8) is 0 Å². The van der Waals surface area contributed by atoms with Crippen molar-refractivity contribution in [1.29, 1.82) is 0 Å². The molecule has 5 nitrogen and oxygen atoms in total. The summed E-state index contributed by atoms with van der Waals surface area (Å²) in [6, 6.07) is 12.9. The summed E-state index contributed by atoms with van der Waals surface area (Å²) in [5, 5.41) is 5.53. The Bertz CT molecular complexity index is 856. The van der Waals surface area contributed by atoms with Crippen LogP contribution in [0.2, 0.25) is 0 Å². The number of amides is 1. The standard InChI is InChI=1S/C18H16N2O3S/c1-12(23-17(21)11-13-5-4-10-24-13)18(22)20-16-8-2-7-15-14(16)6-3-9-19-15/h2-10,12H,11H2,1H3,(H,20,22)/t12-/m1/s1. The van der Waals surface area contributed by atoms with Gasteiger partial charge in [-0.15, -0.1) is 11.3 Å². The minimum atomic E-state index is -0.871. The van der Waals surface area contributed by atoms with Gasteiger partial charge in [-0.25, -0.2) is 0 Å². The summed E-state index contributed by atoms with van der Waals surface area (Å²) < 4.78 is 5.21. The number of hydrogen-bond donors (Lipinski definition) is 1. The smallest absolute Gasteiger partial charge is 0.311 e. The Morgan fingerprint density at radius 2 is 2.08 bits per heavy atom. The van der Waals surface area contributed by atoms with Gasteiger partial charge in [0.25, 0.3) is 5.91 Å². The van der Waals surface area contributed by atoms with Crippen LogP contribution in [0.3, 0.4) is 0 Å². The van der Waals surface area contributed by atoms with Crippen LogP contribution in [-0.2, 0) is 20.7 Å². The van der Waals surface area contributed by atoms with E-state index >= 15 is 0 Å². The molecular formula is C18H16N2O3S. The zero-order chi connectivity index (χ0) is 16.9. The van der Waals surface area contributed by atoms with Crippen molar-refractivity contribution in [2.24, 2.45) is 0 Å². The van der Waals surface area contributed by atoms with Crippen LogP contribution in [0.1, 0.15) is 11.8 Å². The van der Waals surface area contributed by atoms with E-state index in [-0.39, 0.29) is 12.3 Å². The number of carbonyl (C=O) groups excluding carboxylic acids is 2. The number of thiophene rings is 1. The zero-order valence-electron chi connectivity index (χ0n) is 13.1. The molecule has 6 heteroatoms. The number of pyridine rings is 1. The van der Waals surface area contributed by atoms with Gasteiger partial charge in [0.05, 0.1) is 17.6 Å². The summed E-state index contributed by atoms with van der Waals surface area (Å²) in [4.78, 5) is 29.3. The van der Waals surface area contributed by atoms with Gasteiger partial charge in [-0.2, -0.15) is 0 Å². The van der Waals surface area contributed by atoms with Crippen LogP contribution in [0.25, 0.3) is 10.9 Å². The van der Waals surface area contributed by atoms with E-state index in [0.29, 0.717) is 5.69 Å². The molecule has 1 amide bonds. The molecule has 2 heterocycles. The summed E-state index contributed by atoms with van der Waals surface area (Å²) in [5.41, 5.74) is 1.43. The van der Waals surface area contributed by atoms with Crippen molar-refractivity contribution in [3.8, 4) is 0 Å². The molecule has 1 atom stereocenters. The first-order chi connectivity index (χ1) is 11.6. The Labute approximate surface area is 143 Å². The summed E-state index contributed by atoms with van der Waals surface area (Å²) in [6.07, 6.45) is 1.00. The largest absolute Gasteiger partial charge is 0.452 e. The normalized spacial score (nSPS) is 11.9. The van der Waals surface area contributed by atoms with E-state index in [1.165, 1.54) is 11.3 Å². The Balaban J connectivity index is 1.64. The van der Waals surface area contributed by atoms with Crippen LogP contribution in [0.15, 0.2) is 54.0 Å². The molecular weight excluding hydrogens is 324 g/mol. The lowest BCUT2D eigenvalue weighted by Crippen LogP contribution is -2.30. The first-order valence-electron chi connectivity index (χ1n) is 7.50. The minimum absolute atomic E-state index is 0.174. The fourth-order valence-corrected chi connectivity index (χ4v) is 2.98. The monoisotopic (exact) mass is 340 g/mol. The van der Waals surface area contributed by atoms with Gasteiger partial charge in [-0.3, -0.25) is 14.6 Å². The van der Waals surface area contributed by atoms with Crippen molar-refractivity contribution in [3.05, 3.63) is 58.9 Å². The number of aromatic nitrogens is 1. The van der Waals surface area contributed by atoms with Gasteiger partial charge in [0, 0.05) is 16.5 Å². The Hall–Kier alpha value is -2.73. The van der Waals surface area contributed by atoms with Gasteiger partial charge in [-0.05, 0) is 42.6 Å². The quantitative estimate of drug-likeness (QED) is 0.723. The number of carbonyl (C=O) groups is 2. The number of fused-ring (bicyclic) bond motifs is 1. The molecule has 0 saturated heterocycles. The number of ether oxygens (including phenoxy) is 1. The molecule has 0 saturated carbocycles. The van der Waals surface area contributed by atoms with Crippen LogP contribution in [0, 0.1) is 0 Å². The first kappa shape index (κ1) is 16.1. The van der Waals surface area contributed by atoms with Crippen LogP contribution in [0.5, 0.6) is 0 Å². The van der Waals surface area contributed by atoms with Crippen molar-refractivity contribution >= 4 is 39.8 Å². The second-order valence-corrected chi connectivity index (χ2v) is 6.29. The maximum Gasteiger partial charge on any atom is 0.311 e. The molecule has 0 aliphatic rings. The Kier molecular flexibility index (Phi) is 4.86. The fraction of sp³-hybridized carbons (Fsp3) is 0.167. The maximum absolute atomic E-state index is 12.3. The summed E-state index contributed by atoms with van der Waals surface area (Å²) in [6.45, 7) is 1.56. The molecule has 3 aromatic rings. The van der Waals surface area contributed by atoms with Crippen LogP contribution >= 0.6 is 11.3 Å². The predicted molar refractivity (Wildman–Crippen MR) is 93.9 cm³/mol. The van der Waals surface area contributed by atoms with Crippen LogP contribution in [0.4, 0.5) is 5.69 Å². The fourth-order valence-electron chi connectivity index (χ4n) is 2.29. The molecule has 122 valence electrons. The predicted octanol–water partition coefficient (Wildman–Crippen LogP) is 3.41. The summed E-state index contributed by atoms with van der Waals surface area (Å²) >= 11 is 1.48. The number of nitrogens with zero attached hydrogens (tertiary/aromatic N) is 1. The van der Waals surface area contributed by atoms with E-state index < -0.39 is 12.1 Å². The van der Waals surface area contributed by atoms with Crippen LogP contribution in [-0.4, -0.2) is 23.0 Å². The third kappa shape index (κ3) is 3.78. The summed E-state index contributed by atoms with van der Waals surface area (Å²) in [7, 11) is 0.